The molecule has 2 atom stereocenters. The number of hydrogen-bond donors (Lipinski definition) is 0. The minimum Gasteiger partial charge on any atom is -0.231 e. The van der Waals surface area contributed by atoms with Gasteiger partial charge in [-0.15, -0.1) is 0 Å². The molecule has 2 heteroatoms. The van der Waals surface area contributed by atoms with Gasteiger partial charge in [-0.05, 0) is 68.1 Å². The summed E-state index contributed by atoms with van der Waals surface area (Å²) in [5, 5.41) is 0. The molecule has 1 aliphatic rings. The van der Waals surface area contributed by atoms with Crippen LogP contribution in [-0.4, -0.2) is 9.97 Å². The highest BCUT2D eigenvalue weighted by atomic mass is 14.9. The van der Waals surface area contributed by atoms with Crippen LogP contribution in [-0.2, 0) is 6.42 Å². The molecule has 0 spiro atoms. The van der Waals surface area contributed by atoms with E-state index >= 15 is 0 Å². The van der Waals surface area contributed by atoms with Gasteiger partial charge in [0.05, 0.1) is 17.3 Å². The van der Waals surface area contributed by atoms with E-state index in [0.29, 0.717) is 0 Å². The lowest BCUT2D eigenvalue weighted by Gasteiger charge is -2.20. The highest BCUT2D eigenvalue weighted by Crippen LogP contribution is 2.52. The van der Waals surface area contributed by atoms with E-state index in [1.54, 1.807) is 0 Å². The van der Waals surface area contributed by atoms with Crippen molar-refractivity contribution >= 4 is 0 Å². The average Bonchev–Trinajstić information content (AvgIpc) is 3.63. The van der Waals surface area contributed by atoms with Crippen LogP contribution in [0.2, 0.25) is 0 Å². The fraction of sp³-hybridized carbons (Fsp3) is 0.0545. The molecule has 0 radical (unpaired) electrons. The molecule has 8 aromatic carbocycles. The summed E-state index contributed by atoms with van der Waals surface area (Å²) in [6.07, 6.45) is 0.925. The second kappa shape index (κ2) is 15.2. The molecular weight excluding hydrogens is 689 g/mol. The van der Waals surface area contributed by atoms with Gasteiger partial charge in [0.15, 0.2) is 5.82 Å². The second-order valence-electron chi connectivity index (χ2n) is 14.9. The minimum atomic E-state index is -0.00688. The van der Waals surface area contributed by atoms with Gasteiger partial charge in [0, 0.05) is 22.6 Å². The van der Waals surface area contributed by atoms with Crippen molar-refractivity contribution in [2.75, 3.05) is 0 Å². The van der Waals surface area contributed by atoms with Gasteiger partial charge in [0.25, 0.3) is 0 Å². The summed E-state index contributed by atoms with van der Waals surface area (Å²) in [4.78, 5) is 10.7. The molecule has 2 unspecified atom stereocenters. The van der Waals surface area contributed by atoms with Crippen LogP contribution in [0.5, 0.6) is 0 Å². The summed E-state index contributed by atoms with van der Waals surface area (Å²) in [7, 11) is 0. The zero-order valence-corrected chi connectivity index (χ0v) is 31.5. The van der Waals surface area contributed by atoms with Crippen LogP contribution >= 0.6 is 0 Å². The highest BCUT2D eigenvalue weighted by Gasteiger charge is 2.35. The Balaban J connectivity index is 1.06. The SMILES string of the molecule is c1ccc(CC(c2ccc(-c3ccccc3)cc2)c2ccc(-c3ccc4c(c3)-c3c(-c5ccccc5)nc(-c5ccccc5)nc3C4c3ccccc3)cc2)cc1. The van der Waals surface area contributed by atoms with E-state index < -0.39 is 0 Å². The summed E-state index contributed by atoms with van der Waals surface area (Å²) < 4.78 is 0. The van der Waals surface area contributed by atoms with Crippen molar-refractivity contribution < 1.29 is 0 Å². The van der Waals surface area contributed by atoms with Crippen molar-refractivity contribution in [3.05, 3.63) is 252 Å². The topological polar surface area (TPSA) is 25.8 Å². The first-order chi connectivity index (χ1) is 28.3. The van der Waals surface area contributed by atoms with Crippen molar-refractivity contribution in [1.82, 2.24) is 9.97 Å². The van der Waals surface area contributed by atoms with Gasteiger partial charge in [-0.1, -0.05) is 212 Å². The number of benzene rings is 8. The van der Waals surface area contributed by atoms with Gasteiger partial charge in [-0.25, -0.2) is 9.97 Å². The zero-order valence-electron chi connectivity index (χ0n) is 31.5. The quantitative estimate of drug-likeness (QED) is 0.148. The highest BCUT2D eigenvalue weighted by molar-refractivity contribution is 5.92. The van der Waals surface area contributed by atoms with E-state index in [4.69, 9.17) is 9.97 Å². The molecule has 0 saturated carbocycles. The predicted octanol–water partition coefficient (Wildman–Crippen LogP) is 13.7. The van der Waals surface area contributed by atoms with Gasteiger partial charge in [-0.2, -0.15) is 0 Å². The third-order valence-corrected chi connectivity index (χ3v) is 11.4. The third-order valence-electron chi connectivity index (χ3n) is 11.4. The lowest BCUT2D eigenvalue weighted by Crippen LogP contribution is -2.05. The molecule has 1 aliphatic carbocycles. The van der Waals surface area contributed by atoms with E-state index in [1.165, 1.54) is 55.6 Å². The Labute approximate surface area is 334 Å². The van der Waals surface area contributed by atoms with E-state index in [-0.39, 0.29) is 11.8 Å². The van der Waals surface area contributed by atoms with Crippen LogP contribution in [0.1, 0.15) is 45.3 Å². The van der Waals surface area contributed by atoms with Crippen LogP contribution in [0, 0.1) is 0 Å². The van der Waals surface area contributed by atoms with Gasteiger partial charge >= 0.3 is 0 Å². The maximum absolute atomic E-state index is 5.39. The zero-order chi connectivity index (χ0) is 38.0. The second-order valence-corrected chi connectivity index (χ2v) is 14.9. The lowest BCUT2D eigenvalue weighted by atomic mass is 9.84. The van der Waals surface area contributed by atoms with Crippen LogP contribution in [0.4, 0.5) is 0 Å². The monoisotopic (exact) mass is 728 g/mol. The summed E-state index contributed by atoms with van der Waals surface area (Å²) in [5.74, 6) is 0.958. The van der Waals surface area contributed by atoms with Crippen molar-refractivity contribution in [3.63, 3.8) is 0 Å². The summed E-state index contributed by atoms with van der Waals surface area (Å²) in [6, 6.07) is 78.5. The number of fused-ring (bicyclic) bond motifs is 3. The molecule has 0 N–H and O–H groups in total. The van der Waals surface area contributed by atoms with Crippen molar-refractivity contribution in [1.29, 1.82) is 0 Å². The normalized spacial score (nSPS) is 13.4. The van der Waals surface area contributed by atoms with Crippen LogP contribution < -0.4 is 0 Å². The molecule has 1 aromatic heterocycles. The Morgan fingerprint density at radius 3 is 1.47 bits per heavy atom. The molecule has 0 aliphatic heterocycles. The first-order valence-electron chi connectivity index (χ1n) is 19.8. The van der Waals surface area contributed by atoms with Crippen LogP contribution in [0.3, 0.4) is 0 Å². The van der Waals surface area contributed by atoms with Crippen molar-refractivity contribution in [2.45, 2.75) is 18.3 Å². The van der Waals surface area contributed by atoms with Crippen molar-refractivity contribution in [2.24, 2.45) is 0 Å². The van der Waals surface area contributed by atoms with E-state index in [1.807, 2.05) is 6.07 Å². The van der Waals surface area contributed by atoms with Gasteiger partial charge in [0.1, 0.15) is 0 Å². The summed E-state index contributed by atoms with van der Waals surface area (Å²) in [5.41, 5.74) is 17.7. The average molecular weight is 729 g/mol. The maximum Gasteiger partial charge on any atom is 0.160 e. The molecule has 1 heterocycles. The maximum atomic E-state index is 5.39. The van der Waals surface area contributed by atoms with Gasteiger partial charge in [0.2, 0.25) is 0 Å². The minimum absolute atomic E-state index is 0.00688. The standard InChI is InChI=1S/C55H40N2/c1-6-16-38(17-7-1)36-49(42-30-26-40(27-31-42)39-18-8-2-9-19-39)43-32-28-41(29-33-43)47-34-35-48-50(37-47)52-53(45-22-12-4-13-23-45)56-55(46-24-14-5-15-25-46)57-54(52)51(48)44-20-10-3-11-21-44/h1-35,37,49,51H,36H2. The van der Waals surface area contributed by atoms with Crippen LogP contribution in [0.25, 0.3) is 56.0 Å². The van der Waals surface area contributed by atoms with Crippen molar-refractivity contribution in [3.8, 4) is 56.0 Å². The van der Waals surface area contributed by atoms with Gasteiger partial charge in [-0.3, -0.25) is 0 Å². The van der Waals surface area contributed by atoms with Gasteiger partial charge < -0.3 is 0 Å². The van der Waals surface area contributed by atoms with E-state index in [2.05, 4.69) is 212 Å². The number of hydrogen-bond acceptors (Lipinski definition) is 2. The summed E-state index contributed by atoms with van der Waals surface area (Å²) >= 11 is 0. The third kappa shape index (κ3) is 6.77. The fourth-order valence-electron chi connectivity index (χ4n) is 8.53. The molecule has 9 aromatic rings. The smallest absolute Gasteiger partial charge is 0.160 e. The first kappa shape index (κ1) is 34.3. The largest absolute Gasteiger partial charge is 0.231 e. The van der Waals surface area contributed by atoms with Crippen LogP contribution in [0.15, 0.2) is 218 Å². The Kier molecular flexibility index (Phi) is 9.14. The predicted molar refractivity (Wildman–Crippen MR) is 235 cm³/mol. The van der Waals surface area contributed by atoms with E-state index in [9.17, 15) is 0 Å². The fourth-order valence-corrected chi connectivity index (χ4v) is 8.53. The first-order valence-corrected chi connectivity index (χ1v) is 19.8. The molecule has 270 valence electrons. The number of nitrogens with zero attached hydrogens (tertiary/aromatic N) is 2. The molecule has 0 saturated heterocycles. The Hall–Kier alpha value is -7.16. The molecular formula is C55H40N2. The summed E-state index contributed by atoms with van der Waals surface area (Å²) in [6.45, 7) is 0. The Morgan fingerprint density at radius 1 is 0.404 bits per heavy atom. The molecule has 57 heavy (non-hydrogen) atoms. The molecule has 10 rings (SSSR count). The molecule has 2 nitrogen and oxygen atoms in total. The molecule has 0 bridgehead atoms. The molecule has 0 fully saturated rings. The number of aromatic nitrogens is 2. The molecule has 0 amide bonds. The Morgan fingerprint density at radius 2 is 0.877 bits per heavy atom. The Bertz CT molecular complexity index is 2760. The lowest BCUT2D eigenvalue weighted by molar-refractivity contribution is 0.805. The number of rotatable bonds is 9. The van der Waals surface area contributed by atoms with E-state index in [0.717, 1.165) is 40.3 Å².